The lowest BCUT2D eigenvalue weighted by atomic mass is 9.82. The molecule has 0 aromatic rings. The van der Waals surface area contributed by atoms with E-state index in [4.69, 9.17) is 4.74 Å². The molecule has 1 N–H and O–H groups in total. The maximum absolute atomic E-state index is 6.39. The summed E-state index contributed by atoms with van der Waals surface area (Å²) in [6.07, 6.45) is 5.60. The van der Waals surface area contributed by atoms with Gasteiger partial charge in [0, 0.05) is 13.1 Å². The first kappa shape index (κ1) is 9.17. The van der Waals surface area contributed by atoms with Crippen LogP contribution in [-0.2, 0) is 4.74 Å². The zero-order valence-corrected chi connectivity index (χ0v) is 9.31. The molecule has 1 spiro atoms. The van der Waals surface area contributed by atoms with Crippen LogP contribution in [0.25, 0.3) is 0 Å². The lowest BCUT2D eigenvalue weighted by molar-refractivity contribution is -0.184. The third kappa shape index (κ3) is 1.24. The Bertz CT molecular complexity index is 251. The van der Waals surface area contributed by atoms with Gasteiger partial charge in [0.05, 0.1) is 11.2 Å². The van der Waals surface area contributed by atoms with Crippen molar-refractivity contribution in [1.29, 1.82) is 0 Å². The molecule has 2 nitrogen and oxygen atoms in total. The molecule has 2 aliphatic carbocycles. The molecular weight excluding hydrogens is 174 g/mol. The summed E-state index contributed by atoms with van der Waals surface area (Å²) in [4.78, 5) is 0. The van der Waals surface area contributed by atoms with Gasteiger partial charge in [-0.25, -0.2) is 0 Å². The van der Waals surface area contributed by atoms with Gasteiger partial charge in [0.1, 0.15) is 0 Å². The standard InChI is InChI=1S/C12H21NO/c1-11(2)7-13-8-12(14-11)6-9-3-4-10(12)5-9/h9-10,13H,3-8H2,1-2H3. The first-order chi connectivity index (χ1) is 6.60. The molecule has 1 heterocycles. The maximum atomic E-state index is 6.39. The van der Waals surface area contributed by atoms with E-state index in [0.29, 0.717) is 0 Å². The molecule has 3 atom stereocenters. The van der Waals surface area contributed by atoms with Gasteiger partial charge in [0.15, 0.2) is 0 Å². The van der Waals surface area contributed by atoms with Gasteiger partial charge in [-0.05, 0) is 51.4 Å². The second kappa shape index (κ2) is 2.73. The topological polar surface area (TPSA) is 21.3 Å². The third-order valence-electron chi connectivity index (χ3n) is 4.37. The van der Waals surface area contributed by atoms with E-state index in [2.05, 4.69) is 19.2 Å². The van der Waals surface area contributed by atoms with Gasteiger partial charge in [0.25, 0.3) is 0 Å². The average molecular weight is 195 g/mol. The zero-order valence-electron chi connectivity index (χ0n) is 9.31. The molecule has 14 heavy (non-hydrogen) atoms. The molecule has 1 aliphatic heterocycles. The van der Waals surface area contributed by atoms with E-state index in [9.17, 15) is 0 Å². The summed E-state index contributed by atoms with van der Waals surface area (Å²) in [5.74, 6) is 1.82. The molecule has 3 aliphatic rings. The van der Waals surface area contributed by atoms with Crippen molar-refractivity contribution in [2.45, 2.75) is 50.7 Å². The molecule has 0 amide bonds. The van der Waals surface area contributed by atoms with Gasteiger partial charge in [0.2, 0.25) is 0 Å². The van der Waals surface area contributed by atoms with Crippen LogP contribution >= 0.6 is 0 Å². The van der Waals surface area contributed by atoms with Crippen molar-refractivity contribution in [2.75, 3.05) is 13.1 Å². The Hall–Kier alpha value is -0.0800. The van der Waals surface area contributed by atoms with Crippen molar-refractivity contribution in [2.24, 2.45) is 11.8 Å². The fourth-order valence-electron chi connectivity index (χ4n) is 3.93. The molecule has 3 rings (SSSR count). The largest absolute Gasteiger partial charge is 0.366 e. The number of fused-ring (bicyclic) bond motifs is 3. The van der Waals surface area contributed by atoms with E-state index in [0.717, 1.165) is 24.9 Å². The summed E-state index contributed by atoms with van der Waals surface area (Å²) < 4.78 is 6.39. The van der Waals surface area contributed by atoms with Crippen LogP contribution in [0.2, 0.25) is 0 Å². The normalized spacial score (nSPS) is 50.1. The minimum Gasteiger partial charge on any atom is -0.366 e. The van der Waals surface area contributed by atoms with Crippen molar-refractivity contribution in [3.63, 3.8) is 0 Å². The summed E-state index contributed by atoms with van der Waals surface area (Å²) in [6.45, 7) is 6.53. The summed E-state index contributed by atoms with van der Waals surface area (Å²) >= 11 is 0. The minimum atomic E-state index is 0.0444. The highest BCUT2D eigenvalue weighted by Crippen LogP contribution is 2.54. The monoisotopic (exact) mass is 195 g/mol. The highest BCUT2D eigenvalue weighted by Gasteiger charge is 2.55. The number of nitrogens with one attached hydrogen (secondary N) is 1. The van der Waals surface area contributed by atoms with Crippen LogP contribution in [0.3, 0.4) is 0 Å². The summed E-state index contributed by atoms with van der Waals surface area (Å²) in [7, 11) is 0. The van der Waals surface area contributed by atoms with Crippen LogP contribution in [0.5, 0.6) is 0 Å². The fraction of sp³-hybridized carbons (Fsp3) is 1.00. The highest BCUT2D eigenvalue weighted by molar-refractivity contribution is 5.06. The van der Waals surface area contributed by atoms with Crippen LogP contribution < -0.4 is 5.32 Å². The molecule has 1 saturated heterocycles. The van der Waals surface area contributed by atoms with E-state index >= 15 is 0 Å². The first-order valence-corrected chi connectivity index (χ1v) is 6.01. The average Bonchev–Trinajstić information content (AvgIpc) is 2.60. The maximum Gasteiger partial charge on any atom is 0.0844 e. The van der Waals surface area contributed by atoms with Gasteiger partial charge in [-0.15, -0.1) is 0 Å². The lowest BCUT2D eigenvalue weighted by Gasteiger charge is -2.48. The first-order valence-electron chi connectivity index (χ1n) is 6.01. The van der Waals surface area contributed by atoms with Gasteiger partial charge >= 0.3 is 0 Å². The molecule has 2 saturated carbocycles. The molecule has 3 unspecified atom stereocenters. The Labute approximate surface area is 86.4 Å². The molecule has 0 aromatic carbocycles. The lowest BCUT2D eigenvalue weighted by Crippen LogP contribution is -2.60. The van der Waals surface area contributed by atoms with E-state index in [1.54, 1.807) is 0 Å². The molecule has 2 heteroatoms. The molecule has 0 radical (unpaired) electrons. The predicted octanol–water partition coefficient (Wildman–Crippen LogP) is 1.94. The van der Waals surface area contributed by atoms with Crippen molar-refractivity contribution >= 4 is 0 Å². The Morgan fingerprint density at radius 3 is 2.64 bits per heavy atom. The molecule has 0 aromatic heterocycles. The van der Waals surface area contributed by atoms with Crippen LogP contribution in [0.1, 0.15) is 39.5 Å². The zero-order chi connectivity index (χ0) is 9.81. The number of morpholine rings is 1. The summed E-state index contributed by atoms with van der Waals surface area (Å²) in [5, 5.41) is 3.57. The second-order valence-corrected chi connectivity index (χ2v) is 6.11. The van der Waals surface area contributed by atoms with E-state index in [1.165, 1.54) is 25.7 Å². The summed E-state index contributed by atoms with van der Waals surface area (Å²) in [5.41, 5.74) is 0.257. The van der Waals surface area contributed by atoms with Gasteiger partial charge < -0.3 is 10.1 Å². The van der Waals surface area contributed by atoms with Crippen molar-refractivity contribution in [3.8, 4) is 0 Å². The Morgan fingerprint density at radius 2 is 2.07 bits per heavy atom. The Kier molecular flexibility index (Phi) is 1.79. The molecule has 3 fully saturated rings. The molecule has 2 bridgehead atoms. The minimum absolute atomic E-state index is 0.0444. The van der Waals surface area contributed by atoms with Crippen LogP contribution in [0.15, 0.2) is 0 Å². The van der Waals surface area contributed by atoms with E-state index < -0.39 is 0 Å². The SMILES string of the molecule is CC1(C)CNCC2(CC3CCC2C3)O1. The second-order valence-electron chi connectivity index (χ2n) is 6.11. The predicted molar refractivity (Wildman–Crippen MR) is 56.2 cm³/mol. The third-order valence-corrected chi connectivity index (χ3v) is 4.37. The number of ether oxygens (including phenoxy) is 1. The van der Waals surface area contributed by atoms with Crippen molar-refractivity contribution in [3.05, 3.63) is 0 Å². The number of hydrogen-bond acceptors (Lipinski definition) is 2. The van der Waals surface area contributed by atoms with Crippen molar-refractivity contribution in [1.82, 2.24) is 5.32 Å². The van der Waals surface area contributed by atoms with Crippen molar-refractivity contribution < 1.29 is 4.74 Å². The smallest absolute Gasteiger partial charge is 0.0844 e. The van der Waals surface area contributed by atoms with Gasteiger partial charge in [-0.1, -0.05) is 0 Å². The van der Waals surface area contributed by atoms with E-state index in [-0.39, 0.29) is 11.2 Å². The van der Waals surface area contributed by atoms with Crippen LogP contribution in [-0.4, -0.2) is 24.3 Å². The van der Waals surface area contributed by atoms with Gasteiger partial charge in [-0.2, -0.15) is 0 Å². The molecular formula is C12H21NO. The Balaban J connectivity index is 1.83. The van der Waals surface area contributed by atoms with E-state index in [1.807, 2.05) is 0 Å². The van der Waals surface area contributed by atoms with Crippen LogP contribution in [0, 0.1) is 11.8 Å². The number of hydrogen-bond donors (Lipinski definition) is 1. The fourth-order valence-corrected chi connectivity index (χ4v) is 3.93. The van der Waals surface area contributed by atoms with Gasteiger partial charge in [-0.3, -0.25) is 0 Å². The summed E-state index contributed by atoms with van der Waals surface area (Å²) in [6, 6.07) is 0. The molecule has 80 valence electrons. The highest BCUT2D eigenvalue weighted by atomic mass is 16.5. The quantitative estimate of drug-likeness (QED) is 0.638. The Morgan fingerprint density at radius 1 is 1.21 bits per heavy atom. The van der Waals surface area contributed by atoms with Crippen LogP contribution in [0.4, 0.5) is 0 Å². The number of rotatable bonds is 0.